The van der Waals surface area contributed by atoms with E-state index in [-0.39, 0.29) is 44.2 Å². The first kappa shape index (κ1) is 17.9. The highest BCUT2D eigenvalue weighted by atomic mass is 16.4. The van der Waals surface area contributed by atoms with E-state index in [9.17, 15) is 19.5 Å². The number of hydrogen-bond donors (Lipinski definition) is 3. The van der Waals surface area contributed by atoms with Crippen molar-refractivity contribution in [3.05, 3.63) is 35.9 Å². The predicted molar refractivity (Wildman–Crippen MR) is 86.4 cm³/mol. The Morgan fingerprint density at radius 1 is 1.12 bits per heavy atom. The molecule has 1 heterocycles. The van der Waals surface area contributed by atoms with E-state index < -0.39 is 11.6 Å². The average molecular weight is 334 g/mol. The first-order valence-corrected chi connectivity index (χ1v) is 7.99. The van der Waals surface area contributed by atoms with E-state index in [0.29, 0.717) is 18.5 Å². The van der Waals surface area contributed by atoms with Gasteiger partial charge in [-0.1, -0.05) is 18.2 Å². The van der Waals surface area contributed by atoms with E-state index in [0.717, 1.165) is 0 Å². The second kappa shape index (κ2) is 7.92. The minimum Gasteiger partial charge on any atom is -0.479 e. The molecular formula is C17H22N2O5. The Morgan fingerprint density at radius 3 is 2.33 bits per heavy atom. The standard InChI is InChI=1S/C17H22N2O5/c20-14(19-11-8-17(24,9-12-19)16(22)23)7-4-10-18-15(21)13-5-2-1-3-6-13/h1-3,5-6,24H,4,7-12H2,(H,18,21)(H,22,23). The predicted octanol–water partition coefficient (Wildman–Crippen LogP) is 0.635. The summed E-state index contributed by atoms with van der Waals surface area (Å²) in [6, 6.07) is 8.84. The Kier molecular flexibility index (Phi) is 5.92. The van der Waals surface area contributed by atoms with Crippen LogP contribution in [0.3, 0.4) is 0 Å². The molecular weight excluding hydrogens is 312 g/mol. The highest BCUT2D eigenvalue weighted by molar-refractivity contribution is 5.94. The molecule has 0 aliphatic carbocycles. The van der Waals surface area contributed by atoms with Crippen LogP contribution < -0.4 is 5.32 Å². The van der Waals surface area contributed by atoms with Gasteiger partial charge < -0.3 is 20.4 Å². The zero-order valence-corrected chi connectivity index (χ0v) is 13.4. The summed E-state index contributed by atoms with van der Waals surface area (Å²) < 4.78 is 0. The summed E-state index contributed by atoms with van der Waals surface area (Å²) >= 11 is 0. The fourth-order valence-electron chi connectivity index (χ4n) is 2.63. The van der Waals surface area contributed by atoms with Crippen LogP contribution in [0.2, 0.25) is 0 Å². The number of hydrogen-bond acceptors (Lipinski definition) is 4. The Bertz CT molecular complexity index is 594. The molecule has 1 aromatic carbocycles. The van der Waals surface area contributed by atoms with E-state index in [1.165, 1.54) is 0 Å². The lowest BCUT2D eigenvalue weighted by Gasteiger charge is -2.35. The number of aliphatic hydroxyl groups is 1. The van der Waals surface area contributed by atoms with Gasteiger partial charge in [-0.3, -0.25) is 9.59 Å². The van der Waals surface area contributed by atoms with Crippen molar-refractivity contribution in [2.75, 3.05) is 19.6 Å². The molecule has 0 aromatic heterocycles. The second-order valence-corrected chi connectivity index (χ2v) is 5.94. The van der Waals surface area contributed by atoms with Crippen molar-refractivity contribution in [1.29, 1.82) is 0 Å². The molecule has 2 rings (SSSR count). The van der Waals surface area contributed by atoms with Gasteiger partial charge in [0.05, 0.1) is 0 Å². The van der Waals surface area contributed by atoms with Crippen molar-refractivity contribution < 1.29 is 24.6 Å². The number of aliphatic carboxylic acids is 1. The molecule has 24 heavy (non-hydrogen) atoms. The number of likely N-dealkylation sites (tertiary alicyclic amines) is 1. The topological polar surface area (TPSA) is 107 Å². The fraction of sp³-hybridized carbons (Fsp3) is 0.471. The van der Waals surface area contributed by atoms with E-state index in [1.54, 1.807) is 29.2 Å². The molecule has 1 aliphatic heterocycles. The first-order chi connectivity index (χ1) is 11.4. The third kappa shape index (κ3) is 4.55. The van der Waals surface area contributed by atoms with Gasteiger partial charge in [0, 0.05) is 44.5 Å². The zero-order valence-electron chi connectivity index (χ0n) is 13.4. The number of benzene rings is 1. The van der Waals surface area contributed by atoms with Crippen molar-refractivity contribution in [2.45, 2.75) is 31.3 Å². The number of carboxylic acids is 1. The van der Waals surface area contributed by atoms with Crippen LogP contribution in [-0.4, -0.2) is 58.1 Å². The molecule has 0 unspecified atom stereocenters. The smallest absolute Gasteiger partial charge is 0.335 e. The minimum absolute atomic E-state index is 0.0405. The maximum Gasteiger partial charge on any atom is 0.335 e. The van der Waals surface area contributed by atoms with Crippen LogP contribution in [0, 0.1) is 0 Å². The van der Waals surface area contributed by atoms with Gasteiger partial charge >= 0.3 is 5.97 Å². The number of nitrogens with one attached hydrogen (secondary N) is 1. The monoisotopic (exact) mass is 334 g/mol. The molecule has 0 atom stereocenters. The van der Waals surface area contributed by atoms with Gasteiger partial charge in [-0.15, -0.1) is 0 Å². The van der Waals surface area contributed by atoms with Crippen molar-refractivity contribution in [1.82, 2.24) is 10.2 Å². The van der Waals surface area contributed by atoms with Crippen molar-refractivity contribution in [2.24, 2.45) is 0 Å². The van der Waals surface area contributed by atoms with Gasteiger partial charge in [0.15, 0.2) is 5.60 Å². The van der Waals surface area contributed by atoms with Crippen LogP contribution in [0.5, 0.6) is 0 Å². The summed E-state index contributed by atoms with van der Waals surface area (Å²) in [7, 11) is 0. The largest absolute Gasteiger partial charge is 0.479 e. The maximum absolute atomic E-state index is 12.1. The average Bonchev–Trinajstić information content (AvgIpc) is 2.59. The van der Waals surface area contributed by atoms with E-state index in [1.807, 2.05) is 6.07 Å². The van der Waals surface area contributed by atoms with Crippen molar-refractivity contribution >= 4 is 17.8 Å². The summed E-state index contributed by atoms with van der Waals surface area (Å²) in [5, 5.41) is 21.6. The second-order valence-electron chi connectivity index (χ2n) is 5.94. The Hall–Kier alpha value is -2.41. The van der Waals surface area contributed by atoms with Crippen LogP contribution in [0.4, 0.5) is 0 Å². The molecule has 1 fully saturated rings. The number of piperidine rings is 1. The molecule has 7 heteroatoms. The number of carbonyl (C=O) groups excluding carboxylic acids is 2. The van der Waals surface area contributed by atoms with Gasteiger partial charge in [0.2, 0.25) is 5.91 Å². The lowest BCUT2D eigenvalue weighted by atomic mass is 9.91. The molecule has 0 radical (unpaired) electrons. The van der Waals surface area contributed by atoms with E-state index in [2.05, 4.69) is 5.32 Å². The lowest BCUT2D eigenvalue weighted by Crippen LogP contribution is -2.50. The molecule has 3 N–H and O–H groups in total. The minimum atomic E-state index is -1.72. The van der Waals surface area contributed by atoms with Crippen LogP contribution in [0.15, 0.2) is 30.3 Å². The third-order valence-electron chi connectivity index (χ3n) is 4.23. The number of nitrogens with zero attached hydrogens (tertiary/aromatic N) is 1. The van der Waals surface area contributed by atoms with Crippen molar-refractivity contribution in [3.63, 3.8) is 0 Å². The maximum atomic E-state index is 12.1. The molecule has 0 saturated carbocycles. The van der Waals surface area contributed by atoms with Gasteiger partial charge in [0.1, 0.15) is 0 Å². The highest BCUT2D eigenvalue weighted by Gasteiger charge is 2.40. The quantitative estimate of drug-likeness (QED) is 0.662. The van der Waals surface area contributed by atoms with Crippen molar-refractivity contribution in [3.8, 4) is 0 Å². The Balaban J connectivity index is 1.67. The summed E-state index contributed by atoms with van der Waals surface area (Å²) in [4.78, 5) is 36.4. The van der Waals surface area contributed by atoms with Gasteiger partial charge in [-0.25, -0.2) is 4.79 Å². The first-order valence-electron chi connectivity index (χ1n) is 7.99. The summed E-state index contributed by atoms with van der Waals surface area (Å²) in [5.74, 6) is -1.50. The van der Waals surface area contributed by atoms with Gasteiger partial charge in [-0.2, -0.15) is 0 Å². The molecule has 130 valence electrons. The molecule has 1 aromatic rings. The number of rotatable bonds is 6. The number of carbonyl (C=O) groups is 3. The van der Waals surface area contributed by atoms with Gasteiger partial charge in [-0.05, 0) is 18.6 Å². The Labute approximate surface area is 140 Å². The zero-order chi connectivity index (χ0) is 17.6. The highest BCUT2D eigenvalue weighted by Crippen LogP contribution is 2.22. The van der Waals surface area contributed by atoms with E-state index >= 15 is 0 Å². The summed E-state index contributed by atoms with van der Waals surface area (Å²) in [6.07, 6.45) is 0.870. The molecule has 0 bridgehead atoms. The van der Waals surface area contributed by atoms with Crippen LogP contribution in [0.25, 0.3) is 0 Å². The number of amides is 2. The number of carboxylic acid groups (broad SMARTS) is 1. The molecule has 1 aliphatic rings. The summed E-state index contributed by atoms with van der Waals surface area (Å²) in [5.41, 5.74) is -1.15. The van der Waals surface area contributed by atoms with Crippen LogP contribution >= 0.6 is 0 Å². The summed E-state index contributed by atoms with van der Waals surface area (Å²) in [6.45, 7) is 0.863. The molecule has 0 spiro atoms. The van der Waals surface area contributed by atoms with Crippen LogP contribution in [0.1, 0.15) is 36.0 Å². The third-order valence-corrected chi connectivity index (χ3v) is 4.23. The normalized spacial score (nSPS) is 16.5. The lowest BCUT2D eigenvalue weighted by molar-refractivity contribution is -0.165. The molecule has 1 saturated heterocycles. The van der Waals surface area contributed by atoms with E-state index in [4.69, 9.17) is 5.11 Å². The molecule has 2 amide bonds. The fourth-order valence-corrected chi connectivity index (χ4v) is 2.63. The Morgan fingerprint density at radius 2 is 1.75 bits per heavy atom. The van der Waals surface area contributed by atoms with Gasteiger partial charge in [0.25, 0.3) is 5.91 Å². The SMILES string of the molecule is O=C(NCCCC(=O)N1CCC(O)(C(=O)O)CC1)c1ccccc1. The van der Waals surface area contributed by atoms with Crippen LogP contribution in [-0.2, 0) is 9.59 Å². The molecule has 7 nitrogen and oxygen atoms in total.